The first-order chi connectivity index (χ1) is 13.6. The second kappa shape index (κ2) is 7.72. The highest BCUT2D eigenvalue weighted by Gasteiger charge is 2.29. The highest BCUT2D eigenvalue weighted by Crippen LogP contribution is 2.38. The van der Waals surface area contributed by atoms with Crippen LogP contribution in [0.15, 0.2) is 63.1 Å². The molecule has 1 heterocycles. The monoisotopic (exact) mass is 497 g/mol. The minimum atomic E-state index is -4.61. The Morgan fingerprint density at radius 2 is 1.83 bits per heavy atom. The normalized spacial score (nSPS) is 11.9. The van der Waals surface area contributed by atoms with Gasteiger partial charge in [0.25, 0.3) is 20.0 Å². The number of rotatable bonds is 5. The summed E-state index contributed by atoms with van der Waals surface area (Å²) >= 11 is 3.27. The maximum atomic E-state index is 14.7. The first-order valence-electron chi connectivity index (χ1n) is 7.97. The van der Waals surface area contributed by atoms with Gasteiger partial charge in [-0.25, -0.2) is 21.2 Å². The van der Waals surface area contributed by atoms with Gasteiger partial charge in [0.2, 0.25) is 0 Å². The molecule has 0 amide bonds. The van der Waals surface area contributed by atoms with E-state index in [1.807, 2.05) is 0 Å². The van der Waals surface area contributed by atoms with Crippen LogP contribution in [0.25, 0.3) is 11.1 Å². The fourth-order valence-corrected chi connectivity index (χ4v) is 6.43. The number of H-pyrrole nitrogens is 1. The molecule has 11 heteroatoms. The molecular weight excluding hydrogens is 485 g/mol. The molecule has 0 bridgehead atoms. The van der Waals surface area contributed by atoms with Crippen molar-refractivity contribution >= 4 is 36.0 Å². The van der Waals surface area contributed by atoms with Gasteiger partial charge in [-0.15, -0.1) is 4.13 Å². The van der Waals surface area contributed by atoms with Gasteiger partial charge in [-0.1, -0.05) is 12.1 Å². The number of benzene rings is 2. The Morgan fingerprint density at radius 1 is 1.10 bits per heavy atom. The van der Waals surface area contributed by atoms with Crippen molar-refractivity contribution in [1.82, 2.24) is 9.11 Å². The minimum Gasteiger partial charge on any atom is -0.366 e. The van der Waals surface area contributed by atoms with Crippen LogP contribution >= 0.6 is 15.9 Å². The number of hydrogen-bond acceptors (Lipinski definition) is 5. The fraction of sp³-hybridized carbons (Fsp3) is 0.0556. The third-order valence-electron chi connectivity index (χ3n) is 4.05. The van der Waals surface area contributed by atoms with Crippen molar-refractivity contribution in [3.8, 4) is 17.2 Å². The molecule has 0 unspecified atom stereocenters. The van der Waals surface area contributed by atoms with Gasteiger partial charge in [0.15, 0.2) is 0 Å². The van der Waals surface area contributed by atoms with Gasteiger partial charge < -0.3 is 4.98 Å². The van der Waals surface area contributed by atoms with Crippen molar-refractivity contribution in [3.05, 3.63) is 70.2 Å². The molecule has 0 aliphatic carbocycles. The molecule has 3 aromatic rings. The van der Waals surface area contributed by atoms with Gasteiger partial charge in [-0.05, 0) is 52.7 Å². The Balaban J connectivity index is 2.21. The third-order valence-corrected chi connectivity index (χ3v) is 8.62. The zero-order valence-electron chi connectivity index (χ0n) is 14.8. The van der Waals surface area contributed by atoms with Gasteiger partial charge in [-0.2, -0.15) is 5.26 Å². The lowest BCUT2D eigenvalue weighted by Crippen LogP contribution is -2.31. The van der Waals surface area contributed by atoms with Crippen LogP contribution in [0, 0.1) is 24.1 Å². The lowest BCUT2D eigenvalue weighted by atomic mass is 10.0. The first kappa shape index (κ1) is 21.2. The Bertz CT molecular complexity index is 1350. The van der Waals surface area contributed by atoms with Gasteiger partial charge in [0.1, 0.15) is 10.7 Å². The molecule has 2 aromatic carbocycles. The summed E-state index contributed by atoms with van der Waals surface area (Å²) in [5.74, 6) is -0.819. The molecule has 29 heavy (non-hydrogen) atoms. The molecule has 7 nitrogen and oxygen atoms in total. The number of aromatic amines is 1. The van der Waals surface area contributed by atoms with Crippen molar-refractivity contribution in [1.29, 1.82) is 5.26 Å². The molecule has 0 atom stereocenters. The highest BCUT2D eigenvalue weighted by molar-refractivity contribution is 9.10. The molecular formula is C18H13BrFN3O4S2. The third kappa shape index (κ3) is 4.11. The van der Waals surface area contributed by atoms with Crippen molar-refractivity contribution in [2.45, 2.75) is 16.7 Å². The first-order valence-corrected chi connectivity index (χ1v) is 11.7. The van der Waals surface area contributed by atoms with Crippen LogP contribution in [0.2, 0.25) is 0 Å². The molecule has 2 N–H and O–H groups in total. The summed E-state index contributed by atoms with van der Waals surface area (Å²) in [4.78, 5) is 1.84. The smallest absolute Gasteiger partial charge is 0.255 e. The van der Waals surface area contributed by atoms with Crippen LogP contribution in [-0.2, 0) is 20.0 Å². The molecule has 1 aromatic heterocycles. The summed E-state index contributed by atoms with van der Waals surface area (Å²) in [6.07, 6.45) is 2.46. The average Bonchev–Trinajstić information content (AvgIpc) is 3.19. The number of hydrogen-bond donors (Lipinski definition) is 2. The second-order valence-electron chi connectivity index (χ2n) is 6.01. The average molecular weight is 498 g/mol. The van der Waals surface area contributed by atoms with Gasteiger partial charge in [0.05, 0.1) is 16.5 Å². The van der Waals surface area contributed by atoms with E-state index in [2.05, 4.69) is 20.9 Å². The van der Waals surface area contributed by atoms with Crippen molar-refractivity contribution in [2.75, 3.05) is 0 Å². The SMILES string of the molecule is Cc1ccc(S(=O)(=O)NS(=O)(=O)c2cc[nH]c2)c(-c2ccc(C#N)cc2F)c1Br. The molecule has 0 aliphatic rings. The highest BCUT2D eigenvalue weighted by atomic mass is 79.9. The van der Waals surface area contributed by atoms with Gasteiger partial charge >= 0.3 is 0 Å². The molecule has 0 saturated heterocycles. The van der Waals surface area contributed by atoms with E-state index in [4.69, 9.17) is 5.26 Å². The Hall–Kier alpha value is -2.52. The van der Waals surface area contributed by atoms with Crippen LogP contribution < -0.4 is 4.13 Å². The maximum absolute atomic E-state index is 14.7. The van der Waals surface area contributed by atoms with E-state index < -0.39 is 30.8 Å². The maximum Gasteiger partial charge on any atom is 0.255 e. The molecule has 0 radical (unpaired) electrons. The number of halogens is 2. The predicted molar refractivity (Wildman–Crippen MR) is 107 cm³/mol. The lowest BCUT2D eigenvalue weighted by Gasteiger charge is -2.16. The van der Waals surface area contributed by atoms with Crippen LogP contribution in [0.4, 0.5) is 4.39 Å². The summed E-state index contributed by atoms with van der Waals surface area (Å²) in [7, 11) is -8.99. The van der Waals surface area contributed by atoms with Crippen LogP contribution in [0.5, 0.6) is 0 Å². The summed E-state index contributed by atoms with van der Waals surface area (Å²) < 4.78 is 67.3. The quantitative estimate of drug-likeness (QED) is 0.559. The molecule has 0 saturated carbocycles. The Labute approximate surface area is 175 Å². The van der Waals surface area contributed by atoms with E-state index in [0.717, 1.165) is 12.3 Å². The van der Waals surface area contributed by atoms with Gasteiger partial charge in [-0.3, -0.25) is 0 Å². The van der Waals surface area contributed by atoms with E-state index in [1.165, 1.54) is 36.5 Å². The summed E-state index contributed by atoms with van der Waals surface area (Å²) in [5, 5.41) is 8.92. The minimum absolute atomic E-state index is 0.0521. The van der Waals surface area contributed by atoms with E-state index in [-0.39, 0.29) is 26.1 Å². The van der Waals surface area contributed by atoms with Crippen molar-refractivity contribution < 1.29 is 21.2 Å². The summed E-state index contributed by atoms with van der Waals surface area (Å²) in [5.41, 5.74) is 0.520. The standard InChI is InChI=1S/C18H13BrFN3O4S2/c1-11-2-5-16(29(26,27)23-28(24,25)13-6-7-22-10-13)17(18(11)19)14-4-3-12(9-21)8-15(14)20/h2-8,10,22-23H,1H3. The van der Waals surface area contributed by atoms with Crippen LogP contribution in [0.1, 0.15) is 11.1 Å². The number of aryl methyl sites for hydroxylation is 1. The molecule has 150 valence electrons. The van der Waals surface area contributed by atoms with E-state index in [9.17, 15) is 21.2 Å². The van der Waals surface area contributed by atoms with Crippen LogP contribution in [0.3, 0.4) is 0 Å². The Morgan fingerprint density at radius 3 is 2.41 bits per heavy atom. The summed E-state index contributed by atoms with van der Waals surface area (Å²) in [6.45, 7) is 1.68. The molecule has 3 rings (SSSR count). The predicted octanol–water partition coefficient (Wildman–Crippen LogP) is 3.43. The number of nitrogens with one attached hydrogen (secondary N) is 2. The lowest BCUT2D eigenvalue weighted by molar-refractivity contribution is 0.577. The molecule has 0 fully saturated rings. The zero-order chi connectivity index (χ0) is 21.4. The number of sulfonamides is 2. The van der Waals surface area contributed by atoms with E-state index >= 15 is 0 Å². The number of aromatic nitrogens is 1. The Kier molecular flexibility index (Phi) is 5.64. The largest absolute Gasteiger partial charge is 0.366 e. The molecule has 0 aliphatic heterocycles. The van der Waals surface area contributed by atoms with E-state index in [0.29, 0.717) is 5.56 Å². The number of nitrogens with zero attached hydrogens (tertiary/aromatic N) is 1. The fourth-order valence-electron chi connectivity index (χ4n) is 2.64. The number of nitriles is 1. The van der Waals surface area contributed by atoms with Crippen molar-refractivity contribution in [3.63, 3.8) is 0 Å². The van der Waals surface area contributed by atoms with Gasteiger partial charge in [0, 0.05) is 28.0 Å². The van der Waals surface area contributed by atoms with Crippen LogP contribution in [-0.4, -0.2) is 21.8 Å². The second-order valence-corrected chi connectivity index (χ2v) is 10.4. The molecule has 0 spiro atoms. The zero-order valence-corrected chi connectivity index (χ0v) is 18.0. The van der Waals surface area contributed by atoms with Crippen molar-refractivity contribution in [2.24, 2.45) is 0 Å². The summed E-state index contributed by atoms with van der Waals surface area (Å²) in [6, 6.07) is 9.25. The van der Waals surface area contributed by atoms with E-state index in [1.54, 1.807) is 17.1 Å². The topological polar surface area (TPSA) is 120 Å².